The number of nitrogens with two attached hydrogens (primary N) is 1. The summed E-state index contributed by atoms with van der Waals surface area (Å²) in [5.74, 6) is 5.24. The smallest absolute Gasteiger partial charge is 0.406 e. The number of ether oxygens (including phenoxy) is 1. The van der Waals surface area contributed by atoms with E-state index in [-0.39, 0.29) is 11.8 Å². The molecule has 0 saturated carbocycles. The number of rotatable bonds is 4. The average molecular weight is 317 g/mol. The first-order valence-electron chi connectivity index (χ1n) is 5.96. The molecule has 2 aromatic carbocycles. The molecule has 3 N–H and O–H groups in total. The summed E-state index contributed by atoms with van der Waals surface area (Å²) in [6.07, 6.45) is -4.71. The minimum Gasteiger partial charge on any atom is -0.406 e. The predicted molar refractivity (Wildman–Crippen MR) is 73.7 cm³/mol. The lowest BCUT2D eigenvalue weighted by Crippen LogP contribution is -2.28. The zero-order chi connectivity index (χ0) is 15.5. The number of benzene rings is 2. The van der Waals surface area contributed by atoms with Crippen molar-refractivity contribution in [3.05, 3.63) is 64.7 Å². The van der Waals surface area contributed by atoms with Gasteiger partial charge in [-0.2, -0.15) is 0 Å². The van der Waals surface area contributed by atoms with Gasteiger partial charge in [0.05, 0.1) is 6.04 Å². The number of hydrogen-bond acceptors (Lipinski definition) is 3. The van der Waals surface area contributed by atoms with Crippen molar-refractivity contribution < 1.29 is 17.9 Å². The molecule has 7 heteroatoms. The van der Waals surface area contributed by atoms with Crippen LogP contribution >= 0.6 is 11.6 Å². The van der Waals surface area contributed by atoms with E-state index in [0.717, 1.165) is 5.56 Å². The first-order chi connectivity index (χ1) is 9.89. The molecule has 2 aromatic rings. The maximum atomic E-state index is 12.1. The number of nitrogens with one attached hydrogen (secondary N) is 1. The molecule has 0 aliphatic heterocycles. The minimum atomic E-state index is -4.71. The van der Waals surface area contributed by atoms with E-state index in [2.05, 4.69) is 10.2 Å². The van der Waals surface area contributed by atoms with Crippen molar-refractivity contribution in [2.24, 2.45) is 5.84 Å². The molecule has 3 nitrogen and oxygen atoms in total. The molecule has 0 spiro atoms. The van der Waals surface area contributed by atoms with Crippen LogP contribution in [0.2, 0.25) is 5.02 Å². The summed E-state index contributed by atoms with van der Waals surface area (Å²) in [4.78, 5) is 0. The van der Waals surface area contributed by atoms with Crippen LogP contribution in [-0.2, 0) is 0 Å². The predicted octanol–water partition coefficient (Wildman–Crippen LogP) is 3.79. The topological polar surface area (TPSA) is 47.3 Å². The lowest BCUT2D eigenvalue weighted by molar-refractivity contribution is -0.274. The first-order valence-corrected chi connectivity index (χ1v) is 6.34. The highest BCUT2D eigenvalue weighted by atomic mass is 35.5. The normalized spacial score (nSPS) is 13.0. The Bertz CT molecular complexity index is 602. The van der Waals surface area contributed by atoms with E-state index < -0.39 is 6.36 Å². The Balaban J connectivity index is 2.23. The van der Waals surface area contributed by atoms with Gasteiger partial charge in [-0.25, -0.2) is 5.43 Å². The quantitative estimate of drug-likeness (QED) is 0.666. The average Bonchev–Trinajstić information content (AvgIpc) is 2.40. The fourth-order valence-electron chi connectivity index (χ4n) is 1.93. The van der Waals surface area contributed by atoms with Gasteiger partial charge >= 0.3 is 6.36 Å². The summed E-state index contributed by atoms with van der Waals surface area (Å²) in [5.41, 5.74) is 4.10. The van der Waals surface area contributed by atoms with Gasteiger partial charge in [-0.05, 0) is 35.4 Å². The summed E-state index contributed by atoms with van der Waals surface area (Å²) < 4.78 is 40.1. The van der Waals surface area contributed by atoms with Gasteiger partial charge in [0.2, 0.25) is 0 Å². The van der Waals surface area contributed by atoms with E-state index in [0.29, 0.717) is 10.6 Å². The fraction of sp³-hybridized carbons (Fsp3) is 0.143. The number of halogens is 4. The molecule has 0 amide bonds. The SMILES string of the molecule is NNC(c1ccc(OC(F)(F)F)cc1)c1cccc(Cl)c1. The van der Waals surface area contributed by atoms with E-state index in [1.807, 2.05) is 6.07 Å². The summed E-state index contributed by atoms with van der Waals surface area (Å²) in [6.45, 7) is 0. The van der Waals surface area contributed by atoms with Gasteiger partial charge in [-0.15, -0.1) is 13.2 Å². The summed E-state index contributed by atoms with van der Waals surface area (Å²) in [5, 5.41) is 0.546. The summed E-state index contributed by atoms with van der Waals surface area (Å²) in [7, 11) is 0. The molecular weight excluding hydrogens is 305 g/mol. The monoisotopic (exact) mass is 316 g/mol. The molecule has 0 saturated heterocycles. The largest absolute Gasteiger partial charge is 0.573 e. The molecule has 0 heterocycles. The molecule has 0 bridgehead atoms. The molecule has 0 aromatic heterocycles. The van der Waals surface area contributed by atoms with Crippen LogP contribution in [0, 0.1) is 0 Å². The molecule has 21 heavy (non-hydrogen) atoms. The molecule has 2 rings (SSSR count). The lowest BCUT2D eigenvalue weighted by atomic mass is 9.99. The van der Waals surface area contributed by atoms with E-state index in [9.17, 15) is 13.2 Å². The minimum absolute atomic E-state index is 0.284. The highest BCUT2D eigenvalue weighted by Crippen LogP contribution is 2.27. The second-order valence-electron chi connectivity index (χ2n) is 4.27. The highest BCUT2D eigenvalue weighted by Gasteiger charge is 2.31. The molecule has 0 aliphatic rings. The Morgan fingerprint density at radius 3 is 2.24 bits per heavy atom. The Labute approximate surface area is 124 Å². The van der Waals surface area contributed by atoms with Gasteiger partial charge in [-0.3, -0.25) is 5.84 Å². The van der Waals surface area contributed by atoms with Gasteiger partial charge in [0, 0.05) is 5.02 Å². The van der Waals surface area contributed by atoms with Crippen molar-refractivity contribution >= 4 is 11.6 Å². The van der Waals surface area contributed by atoms with Crippen LogP contribution in [0.1, 0.15) is 17.2 Å². The summed E-state index contributed by atoms with van der Waals surface area (Å²) >= 11 is 5.92. The lowest BCUT2D eigenvalue weighted by Gasteiger charge is -2.18. The first kappa shape index (κ1) is 15.6. The maximum Gasteiger partial charge on any atom is 0.573 e. The van der Waals surface area contributed by atoms with Gasteiger partial charge in [0.25, 0.3) is 0 Å². The van der Waals surface area contributed by atoms with Crippen LogP contribution in [-0.4, -0.2) is 6.36 Å². The molecule has 0 fully saturated rings. The van der Waals surface area contributed by atoms with Crippen molar-refractivity contribution in [2.45, 2.75) is 12.4 Å². The van der Waals surface area contributed by atoms with Crippen molar-refractivity contribution in [1.82, 2.24) is 5.43 Å². The molecule has 0 aliphatic carbocycles. The van der Waals surface area contributed by atoms with Gasteiger partial charge in [0.15, 0.2) is 0 Å². The third-order valence-electron chi connectivity index (χ3n) is 2.80. The zero-order valence-electron chi connectivity index (χ0n) is 10.7. The van der Waals surface area contributed by atoms with E-state index in [4.69, 9.17) is 17.4 Å². The van der Waals surface area contributed by atoms with Crippen molar-refractivity contribution in [3.8, 4) is 5.75 Å². The third kappa shape index (κ3) is 4.35. The fourth-order valence-corrected chi connectivity index (χ4v) is 2.13. The van der Waals surface area contributed by atoms with Gasteiger partial charge in [-0.1, -0.05) is 35.9 Å². The van der Waals surface area contributed by atoms with Crippen LogP contribution in [0.4, 0.5) is 13.2 Å². The third-order valence-corrected chi connectivity index (χ3v) is 3.03. The highest BCUT2D eigenvalue weighted by molar-refractivity contribution is 6.30. The number of alkyl halides is 3. The maximum absolute atomic E-state index is 12.1. The van der Waals surface area contributed by atoms with Gasteiger partial charge < -0.3 is 4.74 Å². The molecule has 1 atom stereocenters. The Kier molecular flexibility index (Phi) is 4.72. The molecule has 1 unspecified atom stereocenters. The second kappa shape index (κ2) is 6.34. The van der Waals surface area contributed by atoms with Crippen molar-refractivity contribution in [2.75, 3.05) is 0 Å². The molecular formula is C14H12ClF3N2O. The van der Waals surface area contributed by atoms with Crippen LogP contribution in [0.15, 0.2) is 48.5 Å². The molecule has 0 radical (unpaired) electrons. The number of hydrogen-bond donors (Lipinski definition) is 2. The Morgan fingerprint density at radius 1 is 1.05 bits per heavy atom. The van der Waals surface area contributed by atoms with Crippen LogP contribution in [0.25, 0.3) is 0 Å². The van der Waals surface area contributed by atoms with Crippen molar-refractivity contribution in [1.29, 1.82) is 0 Å². The number of hydrazine groups is 1. The molecule has 112 valence electrons. The van der Waals surface area contributed by atoms with Gasteiger partial charge in [0.1, 0.15) is 5.75 Å². The van der Waals surface area contributed by atoms with Crippen LogP contribution < -0.4 is 16.0 Å². The Hall–Kier alpha value is -1.76. The van der Waals surface area contributed by atoms with Crippen LogP contribution in [0.3, 0.4) is 0 Å². The van der Waals surface area contributed by atoms with E-state index in [1.165, 1.54) is 24.3 Å². The van der Waals surface area contributed by atoms with Crippen LogP contribution in [0.5, 0.6) is 5.75 Å². The zero-order valence-corrected chi connectivity index (χ0v) is 11.4. The second-order valence-corrected chi connectivity index (χ2v) is 4.71. The van der Waals surface area contributed by atoms with E-state index in [1.54, 1.807) is 18.2 Å². The Morgan fingerprint density at radius 2 is 1.71 bits per heavy atom. The van der Waals surface area contributed by atoms with Crippen molar-refractivity contribution in [3.63, 3.8) is 0 Å². The van der Waals surface area contributed by atoms with E-state index >= 15 is 0 Å². The standard InChI is InChI=1S/C14H12ClF3N2O/c15-11-3-1-2-10(8-11)13(20-19)9-4-6-12(7-5-9)21-14(16,17)18/h1-8,13,20H,19H2. The summed E-state index contributed by atoms with van der Waals surface area (Å²) in [6, 6.07) is 12.1.